The number of nitrogens with zero attached hydrogens (tertiary/aromatic N) is 2. The molecule has 3 nitrogen and oxygen atoms in total. The third kappa shape index (κ3) is 2.82. The average molecular weight is 284 g/mol. The van der Waals surface area contributed by atoms with E-state index in [1.165, 1.54) is 30.3 Å². The van der Waals surface area contributed by atoms with Crippen molar-refractivity contribution in [3.8, 4) is 5.75 Å². The zero-order chi connectivity index (χ0) is 14.8. The van der Waals surface area contributed by atoms with E-state index in [9.17, 15) is 0 Å². The lowest BCUT2D eigenvalue weighted by Crippen LogP contribution is -2.37. The number of aryl methyl sites for hydroxylation is 1. The molecule has 1 aromatic carbocycles. The summed E-state index contributed by atoms with van der Waals surface area (Å²) in [6.45, 7) is 8.26. The SMILES string of the molecule is CCOc1ccc2nc(C)cc(N3CCCCC3C)c2c1. The van der Waals surface area contributed by atoms with E-state index in [1.807, 2.05) is 13.0 Å². The highest BCUT2D eigenvalue weighted by atomic mass is 16.5. The summed E-state index contributed by atoms with van der Waals surface area (Å²) in [5, 5.41) is 1.21. The molecule has 0 N–H and O–H groups in total. The number of piperidine rings is 1. The Morgan fingerprint density at radius 1 is 1.29 bits per heavy atom. The standard InChI is InChI=1S/C18H24N2O/c1-4-21-15-8-9-17-16(12-15)18(11-13(2)19-17)20-10-6-5-7-14(20)3/h8-9,11-12,14H,4-7,10H2,1-3H3. The van der Waals surface area contributed by atoms with Gasteiger partial charge in [-0.2, -0.15) is 0 Å². The van der Waals surface area contributed by atoms with Crippen molar-refractivity contribution in [3.63, 3.8) is 0 Å². The monoisotopic (exact) mass is 284 g/mol. The maximum absolute atomic E-state index is 5.67. The van der Waals surface area contributed by atoms with Crippen LogP contribution < -0.4 is 9.64 Å². The molecule has 3 rings (SSSR count). The molecule has 1 atom stereocenters. The predicted molar refractivity (Wildman–Crippen MR) is 88.3 cm³/mol. The molecule has 21 heavy (non-hydrogen) atoms. The number of rotatable bonds is 3. The number of hydrogen-bond acceptors (Lipinski definition) is 3. The van der Waals surface area contributed by atoms with E-state index >= 15 is 0 Å². The molecule has 0 aliphatic carbocycles. The molecule has 0 radical (unpaired) electrons. The fourth-order valence-corrected chi connectivity index (χ4v) is 3.27. The number of benzene rings is 1. The van der Waals surface area contributed by atoms with Gasteiger partial charge in [-0.3, -0.25) is 4.98 Å². The summed E-state index contributed by atoms with van der Waals surface area (Å²) in [6.07, 6.45) is 3.89. The Bertz CT molecular complexity index is 638. The largest absolute Gasteiger partial charge is 0.494 e. The second-order valence-electron chi connectivity index (χ2n) is 5.93. The molecule has 1 saturated heterocycles. The third-order valence-corrected chi connectivity index (χ3v) is 4.31. The summed E-state index contributed by atoms with van der Waals surface area (Å²) < 4.78 is 5.67. The first-order chi connectivity index (χ1) is 10.2. The summed E-state index contributed by atoms with van der Waals surface area (Å²) in [5.74, 6) is 0.932. The van der Waals surface area contributed by atoms with Crippen LogP contribution in [0, 0.1) is 6.92 Å². The highest BCUT2D eigenvalue weighted by Crippen LogP contribution is 2.33. The van der Waals surface area contributed by atoms with Crippen LogP contribution in [0.5, 0.6) is 5.75 Å². The van der Waals surface area contributed by atoms with Crippen LogP contribution in [0.15, 0.2) is 24.3 Å². The summed E-state index contributed by atoms with van der Waals surface area (Å²) >= 11 is 0. The zero-order valence-electron chi connectivity index (χ0n) is 13.2. The lowest BCUT2D eigenvalue weighted by atomic mass is 10.0. The Hall–Kier alpha value is -1.77. The van der Waals surface area contributed by atoms with Crippen LogP contribution in [-0.2, 0) is 0 Å². The van der Waals surface area contributed by atoms with Crippen molar-refractivity contribution in [2.75, 3.05) is 18.1 Å². The minimum atomic E-state index is 0.597. The molecule has 3 heteroatoms. The molecular formula is C18H24N2O. The number of aromatic nitrogens is 1. The van der Waals surface area contributed by atoms with Crippen LogP contribution in [0.4, 0.5) is 5.69 Å². The van der Waals surface area contributed by atoms with Crippen LogP contribution in [0.1, 0.15) is 38.8 Å². The predicted octanol–water partition coefficient (Wildman–Crippen LogP) is 4.32. The van der Waals surface area contributed by atoms with Gasteiger partial charge in [-0.1, -0.05) is 0 Å². The summed E-state index contributed by atoms with van der Waals surface area (Å²) in [4.78, 5) is 7.21. The summed E-state index contributed by atoms with van der Waals surface area (Å²) in [6, 6.07) is 9.05. The van der Waals surface area contributed by atoms with Crippen molar-refractivity contribution in [2.45, 2.75) is 46.1 Å². The van der Waals surface area contributed by atoms with E-state index < -0.39 is 0 Å². The fraction of sp³-hybridized carbons (Fsp3) is 0.500. The number of ether oxygens (including phenoxy) is 1. The highest BCUT2D eigenvalue weighted by molar-refractivity contribution is 5.93. The molecule has 0 saturated carbocycles. The average Bonchev–Trinajstić information content (AvgIpc) is 2.48. The Balaban J connectivity index is 2.12. The molecule has 1 fully saturated rings. The molecular weight excluding hydrogens is 260 g/mol. The van der Waals surface area contributed by atoms with Gasteiger partial charge in [0.2, 0.25) is 0 Å². The van der Waals surface area contributed by atoms with Crippen molar-refractivity contribution >= 4 is 16.6 Å². The summed E-state index contributed by atoms with van der Waals surface area (Å²) in [7, 11) is 0. The fourth-order valence-electron chi connectivity index (χ4n) is 3.27. The number of anilines is 1. The van der Waals surface area contributed by atoms with E-state index in [2.05, 4.69) is 41.9 Å². The molecule has 0 spiro atoms. The first kappa shape index (κ1) is 14.2. The van der Waals surface area contributed by atoms with Gasteiger partial charge in [-0.25, -0.2) is 0 Å². The number of hydrogen-bond donors (Lipinski definition) is 0. The van der Waals surface area contributed by atoms with E-state index in [0.29, 0.717) is 12.6 Å². The second-order valence-corrected chi connectivity index (χ2v) is 5.93. The Morgan fingerprint density at radius 2 is 2.14 bits per heavy atom. The lowest BCUT2D eigenvalue weighted by molar-refractivity contribution is 0.340. The molecule has 1 unspecified atom stereocenters. The molecule has 1 aliphatic rings. The van der Waals surface area contributed by atoms with Crippen molar-refractivity contribution in [3.05, 3.63) is 30.0 Å². The van der Waals surface area contributed by atoms with Crippen LogP contribution in [0.3, 0.4) is 0 Å². The Morgan fingerprint density at radius 3 is 2.90 bits per heavy atom. The first-order valence-electron chi connectivity index (χ1n) is 8.00. The normalized spacial score (nSPS) is 19.0. The van der Waals surface area contributed by atoms with Crippen molar-refractivity contribution < 1.29 is 4.74 Å². The van der Waals surface area contributed by atoms with Gasteiger partial charge in [0.1, 0.15) is 5.75 Å². The smallest absolute Gasteiger partial charge is 0.120 e. The quantitative estimate of drug-likeness (QED) is 0.839. The van der Waals surface area contributed by atoms with Crippen molar-refractivity contribution in [2.24, 2.45) is 0 Å². The first-order valence-corrected chi connectivity index (χ1v) is 8.00. The van der Waals surface area contributed by atoms with Gasteiger partial charge in [0.25, 0.3) is 0 Å². The van der Waals surface area contributed by atoms with Gasteiger partial charge < -0.3 is 9.64 Å². The molecule has 1 aliphatic heterocycles. The van der Waals surface area contributed by atoms with E-state index in [0.717, 1.165) is 23.5 Å². The van der Waals surface area contributed by atoms with Gasteiger partial charge in [0, 0.05) is 29.4 Å². The minimum Gasteiger partial charge on any atom is -0.494 e. The number of fused-ring (bicyclic) bond motifs is 1. The van der Waals surface area contributed by atoms with E-state index in [-0.39, 0.29) is 0 Å². The molecule has 112 valence electrons. The van der Waals surface area contributed by atoms with Crippen molar-refractivity contribution in [1.29, 1.82) is 0 Å². The van der Waals surface area contributed by atoms with Crippen LogP contribution in [0.25, 0.3) is 10.9 Å². The zero-order valence-corrected chi connectivity index (χ0v) is 13.2. The lowest BCUT2D eigenvalue weighted by Gasteiger charge is -2.36. The van der Waals surface area contributed by atoms with E-state index in [1.54, 1.807) is 0 Å². The highest BCUT2D eigenvalue weighted by Gasteiger charge is 2.21. The molecule has 1 aromatic heterocycles. The van der Waals surface area contributed by atoms with Crippen LogP contribution in [-0.4, -0.2) is 24.2 Å². The third-order valence-electron chi connectivity index (χ3n) is 4.31. The maximum Gasteiger partial charge on any atom is 0.120 e. The van der Waals surface area contributed by atoms with Crippen LogP contribution >= 0.6 is 0 Å². The van der Waals surface area contributed by atoms with Gasteiger partial charge in [-0.15, -0.1) is 0 Å². The number of pyridine rings is 1. The molecule has 2 heterocycles. The maximum atomic E-state index is 5.67. The second kappa shape index (κ2) is 5.92. The Labute approximate surface area is 126 Å². The van der Waals surface area contributed by atoms with Gasteiger partial charge in [0.05, 0.1) is 12.1 Å². The van der Waals surface area contributed by atoms with Gasteiger partial charge in [0.15, 0.2) is 0 Å². The van der Waals surface area contributed by atoms with Crippen molar-refractivity contribution in [1.82, 2.24) is 4.98 Å². The Kier molecular flexibility index (Phi) is 4.00. The van der Waals surface area contributed by atoms with Gasteiger partial charge in [-0.05, 0) is 64.3 Å². The molecule has 2 aromatic rings. The molecule has 0 amide bonds. The minimum absolute atomic E-state index is 0.597. The molecule has 0 bridgehead atoms. The topological polar surface area (TPSA) is 25.4 Å². The van der Waals surface area contributed by atoms with E-state index in [4.69, 9.17) is 4.74 Å². The summed E-state index contributed by atoms with van der Waals surface area (Å²) in [5.41, 5.74) is 3.46. The van der Waals surface area contributed by atoms with Crippen LogP contribution in [0.2, 0.25) is 0 Å². The van der Waals surface area contributed by atoms with Gasteiger partial charge >= 0.3 is 0 Å².